The summed E-state index contributed by atoms with van der Waals surface area (Å²) < 4.78 is 0. The van der Waals surface area contributed by atoms with Crippen LogP contribution < -0.4 is 5.32 Å². The van der Waals surface area contributed by atoms with Gasteiger partial charge in [0.15, 0.2) is 0 Å². The van der Waals surface area contributed by atoms with Crippen LogP contribution in [0.4, 0.5) is 5.82 Å². The number of anilines is 1. The van der Waals surface area contributed by atoms with E-state index in [4.69, 9.17) is 4.98 Å². The van der Waals surface area contributed by atoms with Crippen LogP contribution in [0.15, 0.2) is 53.4 Å². The number of aliphatic hydroxyl groups excluding tert-OH is 1. The standard InChI is InChI=1S/C27H35N3O2.C3H9N/c1-6-9-25(31)23(17(4)7-2)12-18(5)22(8-3)24-13-20-16-29-26(14-21(20)15-28-24)30-27(32)19-10-11-19;1-4(2)3/h8,12-16,19,25,31H,6-7,9-11H2,1-5H3,(H,29,30,32);1-3H3/b18-12-,22-8+,23-17-;. The molecule has 0 saturated heterocycles. The van der Waals surface area contributed by atoms with Crippen LogP contribution >= 0.6 is 0 Å². The van der Waals surface area contributed by atoms with Gasteiger partial charge in [-0.05, 0) is 96.4 Å². The number of aliphatic hydroxyl groups is 1. The molecule has 2 aromatic heterocycles. The molecule has 0 bridgehead atoms. The Morgan fingerprint density at radius 2 is 1.75 bits per heavy atom. The van der Waals surface area contributed by atoms with Gasteiger partial charge in [0, 0.05) is 29.1 Å². The Morgan fingerprint density at radius 1 is 1.14 bits per heavy atom. The first-order valence-electron chi connectivity index (χ1n) is 13.0. The number of amides is 1. The van der Waals surface area contributed by atoms with E-state index in [-0.39, 0.29) is 11.8 Å². The average molecular weight is 493 g/mol. The molecule has 1 aliphatic carbocycles. The summed E-state index contributed by atoms with van der Waals surface area (Å²) in [5.74, 6) is 0.766. The van der Waals surface area contributed by atoms with Gasteiger partial charge in [-0.2, -0.15) is 0 Å². The topological polar surface area (TPSA) is 78.4 Å². The number of carbonyl (C=O) groups excluding carboxylic acids is 1. The molecule has 1 amide bonds. The van der Waals surface area contributed by atoms with Crippen molar-refractivity contribution in [2.24, 2.45) is 5.92 Å². The first kappa shape index (κ1) is 29.4. The molecule has 0 radical (unpaired) electrons. The summed E-state index contributed by atoms with van der Waals surface area (Å²) in [4.78, 5) is 23.1. The van der Waals surface area contributed by atoms with Crippen LogP contribution in [0.25, 0.3) is 16.3 Å². The molecule has 0 aromatic carbocycles. The maximum absolute atomic E-state index is 12.0. The number of fused-ring (bicyclic) bond motifs is 1. The van der Waals surface area contributed by atoms with Crippen LogP contribution in [0.5, 0.6) is 0 Å². The maximum Gasteiger partial charge on any atom is 0.228 e. The van der Waals surface area contributed by atoms with Gasteiger partial charge >= 0.3 is 0 Å². The third kappa shape index (κ3) is 8.68. The molecule has 2 heterocycles. The van der Waals surface area contributed by atoms with E-state index in [1.165, 1.54) is 5.57 Å². The predicted molar refractivity (Wildman–Crippen MR) is 152 cm³/mol. The van der Waals surface area contributed by atoms with Crippen molar-refractivity contribution in [3.63, 3.8) is 0 Å². The second-order valence-corrected chi connectivity index (χ2v) is 10.0. The Morgan fingerprint density at radius 3 is 2.31 bits per heavy atom. The van der Waals surface area contributed by atoms with Gasteiger partial charge in [0.1, 0.15) is 5.82 Å². The van der Waals surface area contributed by atoms with Gasteiger partial charge in [0.05, 0.1) is 11.8 Å². The number of allylic oxidation sites excluding steroid dienone is 4. The quantitative estimate of drug-likeness (QED) is 0.396. The first-order valence-corrected chi connectivity index (χ1v) is 13.0. The molecule has 3 rings (SSSR count). The maximum atomic E-state index is 12.0. The van der Waals surface area contributed by atoms with E-state index >= 15 is 0 Å². The first-order chi connectivity index (χ1) is 17.1. The van der Waals surface area contributed by atoms with Crippen molar-refractivity contribution in [1.82, 2.24) is 14.9 Å². The second-order valence-electron chi connectivity index (χ2n) is 10.0. The lowest BCUT2D eigenvalue weighted by molar-refractivity contribution is -0.117. The Balaban J connectivity index is 0.00000106. The third-order valence-corrected chi connectivity index (χ3v) is 6.11. The van der Waals surface area contributed by atoms with E-state index in [0.29, 0.717) is 5.82 Å². The zero-order valence-electron chi connectivity index (χ0n) is 23.4. The van der Waals surface area contributed by atoms with Crippen molar-refractivity contribution in [2.75, 3.05) is 26.5 Å². The summed E-state index contributed by atoms with van der Waals surface area (Å²) in [6.45, 7) is 10.4. The molecule has 1 fully saturated rings. The number of hydrogen-bond acceptors (Lipinski definition) is 5. The SMILES string of the molecule is CN(C)C.C\C=C(/C(C)=C\C(=C(/C)CC)C(O)CCC)c1cc2cnc(NC(=O)C3CC3)cc2cn1. The smallest absolute Gasteiger partial charge is 0.228 e. The normalized spacial score (nSPS) is 15.8. The summed E-state index contributed by atoms with van der Waals surface area (Å²) in [5, 5.41) is 15.5. The molecule has 1 aliphatic rings. The summed E-state index contributed by atoms with van der Waals surface area (Å²) >= 11 is 0. The van der Waals surface area contributed by atoms with Crippen molar-refractivity contribution in [1.29, 1.82) is 0 Å². The molecule has 6 nitrogen and oxygen atoms in total. The van der Waals surface area contributed by atoms with Crippen LogP contribution in [-0.2, 0) is 4.79 Å². The Kier molecular flexibility index (Phi) is 11.5. The number of hydrogen-bond donors (Lipinski definition) is 2. The fraction of sp³-hybridized carbons (Fsp3) is 0.500. The third-order valence-electron chi connectivity index (χ3n) is 6.11. The van der Waals surface area contributed by atoms with E-state index in [9.17, 15) is 9.90 Å². The lowest BCUT2D eigenvalue weighted by Gasteiger charge is -2.17. The molecule has 0 spiro atoms. The number of nitrogens with one attached hydrogen (secondary N) is 1. The molecular formula is C30H44N4O2. The van der Waals surface area contributed by atoms with Gasteiger partial charge in [0.2, 0.25) is 5.91 Å². The zero-order valence-corrected chi connectivity index (χ0v) is 23.4. The summed E-state index contributed by atoms with van der Waals surface area (Å²) in [6, 6.07) is 3.90. The Hall–Kier alpha value is -2.83. The van der Waals surface area contributed by atoms with Gasteiger partial charge in [0.25, 0.3) is 0 Å². The van der Waals surface area contributed by atoms with Gasteiger partial charge in [-0.25, -0.2) is 4.98 Å². The molecule has 1 atom stereocenters. The lowest BCUT2D eigenvalue weighted by Crippen LogP contribution is -2.14. The Labute approximate surface area is 217 Å². The van der Waals surface area contributed by atoms with Gasteiger partial charge < -0.3 is 15.3 Å². The monoisotopic (exact) mass is 492 g/mol. The van der Waals surface area contributed by atoms with E-state index in [1.807, 2.05) is 51.3 Å². The van der Waals surface area contributed by atoms with Gasteiger partial charge in [-0.15, -0.1) is 0 Å². The highest BCUT2D eigenvalue weighted by atomic mass is 16.3. The van der Waals surface area contributed by atoms with E-state index in [0.717, 1.165) is 65.3 Å². The average Bonchev–Trinajstić information content (AvgIpc) is 3.68. The van der Waals surface area contributed by atoms with E-state index in [1.54, 1.807) is 6.20 Å². The highest BCUT2D eigenvalue weighted by Crippen LogP contribution is 2.31. The largest absolute Gasteiger partial charge is 0.388 e. The zero-order chi connectivity index (χ0) is 26.8. The van der Waals surface area contributed by atoms with E-state index < -0.39 is 6.10 Å². The highest BCUT2D eigenvalue weighted by Gasteiger charge is 2.29. The van der Waals surface area contributed by atoms with Crippen LogP contribution in [0.1, 0.15) is 72.4 Å². The molecule has 36 heavy (non-hydrogen) atoms. The summed E-state index contributed by atoms with van der Waals surface area (Å²) in [6.07, 6.45) is 11.9. The van der Waals surface area contributed by atoms with Gasteiger partial charge in [-0.1, -0.05) is 38.0 Å². The number of pyridine rings is 2. The minimum Gasteiger partial charge on any atom is -0.388 e. The van der Waals surface area contributed by atoms with Crippen molar-refractivity contribution in [3.05, 3.63) is 59.1 Å². The number of nitrogens with zero attached hydrogens (tertiary/aromatic N) is 3. The molecule has 2 N–H and O–H groups in total. The van der Waals surface area contributed by atoms with Crippen LogP contribution in [0.2, 0.25) is 0 Å². The van der Waals surface area contributed by atoms with Gasteiger partial charge in [-0.3, -0.25) is 9.78 Å². The van der Waals surface area contributed by atoms with Crippen molar-refractivity contribution in [2.45, 2.75) is 72.8 Å². The summed E-state index contributed by atoms with van der Waals surface area (Å²) in [7, 11) is 6.00. The predicted octanol–water partition coefficient (Wildman–Crippen LogP) is 6.39. The number of carbonyl (C=O) groups is 1. The van der Waals surface area contributed by atoms with E-state index in [2.05, 4.69) is 50.1 Å². The van der Waals surface area contributed by atoms with Crippen molar-refractivity contribution < 1.29 is 9.90 Å². The van der Waals surface area contributed by atoms with Crippen LogP contribution in [0, 0.1) is 5.92 Å². The molecule has 0 aliphatic heterocycles. The minimum atomic E-state index is -0.453. The minimum absolute atomic E-state index is 0.0508. The van der Waals surface area contributed by atoms with Crippen molar-refractivity contribution >= 4 is 28.1 Å². The highest BCUT2D eigenvalue weighted by molar-refractivity contribution is 5.95. The van der Waals surface area contributed by atoms with Crippen LogP contribution in [-0.4, -0.2) is 53.1 Å². The molecular weight excluding hydrogens is 448 g/mol. The number of rotatable bonds is 9. The second kappa shape index (κ2) is 14.0. The number of aromatic nitrogens is 2. The molecule has 6 heteroatoms. The van der Waals surface area contributed by atoms with Crippen LogP contribution in [0.3, 0.4) is 0 Å². The molecule has 1 unspecified atom stereocenters. The Bertz CT molecular complexity index is 1120. The van der Waals surface area contributed by atoms with Crippen molar-refractivity contribution in [3.8, 4) is 0 Å². The lowest BCUT2D eigenvalue weighted by atomic mass is 9.93. The molecule has 1 saturated carbocycles. The molecule has 2 aromatic rings. The fourth-order valence-electron chi connectivity index (χ4n) is 3.85. The molecule has 196 valence electrons. The summed E-state index contributed by atoms with van der Waals surface area (Å²) in [5.41, 5.74) is 5.17. The fourth-order valence-corrected chi connectivity index (χ4v) is 3.85.